The van der Waals surface area contributed by atoms with Gasteiger partial charge >= 0.3 is 0 Å². The number of hydrogen-bond donors (Lipinski definition) is 0. The molecule has 1 aromatic rings. The van der Waals surface area contributed by atoms with E-state index in [1.807, 2.05) is 12.1 Å². The molecule has 20 heavy (non-hydrogen) atoms. The fraction of sp³-hybridized carbons (Fsp3) is 0.579. The van der Waals surface area contributed by atoms with Crippen LogP contribution in [0.4, 0.5) is 0 Å². The molecule has 1 heteroatoms. The first-order valence-electron chi connectivity index (χ1n) is 8.25. The van der Waals surface area contributed by atoms with Crippen molar-refractivity contribution < 1.29 is 0 Å². The van der Waals surface area contributed by atoms with Gasteiger partial charge in [0.25, 0.3) is 0 Å². The van der Waals surface area contributed by atoms with Crippen LogP contribution >= 0.6 is 11.6 Å². The van der Waals surface area contributed by atoms with Gasteiger partial charge in [-0.1, -0.05) is 94.2 Å². The van der Waals surface area contributed by atoms with Crippen LogP contribution in [0.15, 0.2) is 30.3 Å². The predicted molar refractivity (Wildman–Crippen MR) is 92.3 cm³/mol. The zero-order chi connectivity index (χ0) is 14.5. The zero-order valence-corrected chi connectivity index (χ0v) is 13.7. The molecule has 0 saturated heterocycles. The first kappa shape index (κ1) is 17.3. The molecule has 0 radical (unpaired) electrons. The van der Waals surface area contributed by atoms with Crippen molar-refractivity contribution in [3.05, 3.63) is 40.9 Å². The molecule has 0 aliphatic rings. The highest BCUT2D eigenvalue weighted by Gasteiger charge is 1.91. The second-order valence-electron chi connectivity index (χ2n) is 5.57. The number of unbranched alkanes of at least 4 members (excludes halogenated alkanes) is 9. The average molecular weight is 293 g/mol. The highest BCUT2D eigenvalue weighted by Crippen LogP contribution is 2.13. The Morgan fingerprint density at radius 3 is 1.95 bits per heavy atom. The van der Waals surface area contributed by atoms with Gasteiger partial charge in [-0.3, -0.25) is 0 Å². The van der Waals surface area contributed by atoms with Gasteiger partial charge in [0.05, 0.1) is 0 Å². The van der Waals surface area contributed by atoms with Crippen LogP contribution in [-0.2, 0) is 0 Å². The summed E-state index contributed by atoms with van der Waals surface area (Å²) in [5, 5.41) is 0.807. The Kier molecular flexibility index (Phi) is 10.4. The second kappa shape index (κ2) is 12.0. The quantitative estimate of drug-likeness (QED) is 0.376. The minimum Gasteiger partial charge on any atom is -0.0843 e. The highest BCUT2D eigenvalue weighted by molar-refractivity contribution is 6.30. The number of rotatable bonds is 11. The SMILES string of the molecule is CCCCCCCCCCCC=Cc1ccc(Cl)cc1. The third-order valence-corrected chi connectivity index (χ3v) is 3.91. The Balaban J connectivity index is 1.93. The largest absolute Gasteiger partial charge is 0.0843 e. The number of hydrogen-bond acceptors (Lipinski definition) is 0. The van der Waals surface area contributed by atoms with E-state index in [-0.39, 0.29) is 0 Å². The third-order valence-electron chi connectivity index (χ3n) is 3.65. The molecule has 112 valence electrons. The van der Waals surface area contributed by atoms with Crippen LogP contribution in [0.25, 0.3) is 6.08 Å². The molecule has 0 saturated carbocycles. The molecule has 0 aliphatic carbocycles. The molecule has 1 aromatic carbocycles. The summed E-state index contributed by atoms with van der Waals surface area (Å²) in [6, 6.07) is 8.02. The molecule has 0 N–H and O–H groups in total. The molecule has 0 amide bonds. The molecular weight excluding hydrogens is 264 g/mol. The summed E-state index contributed by atoms with van der Waals surface area (Å²) in [5.74, 6) is 0. The van der Waals surface area contributed by atoms with Crippen molar-refractivity contribution in [3.8, 4) is 0 Å². The van der Waals surface area contributed by atoms with Gasteiger partial charge in [0.1, 0.15) is 0 Å². The van der Waals surface area contributed by atoms with Crippen molar-refractivity contribution >= 4 is 17.7 Å². The maximum atomic E-state index is 5.86. The Hall–Kier alpha value is -0.750. The fourth-order valence-electron chi connectivity index (χ4n) is 2.37. The van der Waals surface area contributed by atoms with Crippen molar-refractivity contribution in [2.75, 3.05) is 0 Å². The highest BCUT2D eigenvalue weighted by atomic mass is 35.5. The van der Waals surface area contributed by atoms with Crippen LogP contribution in [0.3, 0.4) is 0 Å². The van der Waals surface area contributed by atoms with Crippen molar-refractivity contribution in [1.82, 2.24) is 0 Å². The Morgan fingerprint density at radius 1 is 0.800 bits per heavy atom. The molecule has 0 spiro atoms. The predicted octanol–water partition coefficient (Wildman–Crippen LogP) is 7.27. The van der Waals surface area contributed by atoms with Crippen LogP contribution in [0.5, 0.6) is 0 Å². The van der Waals surface area contributed by atoms with E-state index in [1.54, 1.807) is 0 Å². The standard InChI is InChI=1S/C19H29Cl/c1-2-3-4-5-6-7-8-9-10-11-12-13-18-14-16-19(20)17-15-18/h12-17H,2-11H2,1H3. The lowest BCUT2D eigenvalue weighted by molar-refractivity contribution is 0.566. The monoisotopic (exact) mass is 292 g/mol. The van der Waals surface area contributed by atoms with Crippen LogP contribution in [0.2, 0.25) is 5.02 Å². The maximum Gasteiger partial charge on any atom is 0.0406 e. The lowest BCUT2D eigenvalue weighted by atomic mass is 10.1. The van der Waals surface area contributed by atoms with E-state index >= 15 is 0 Å². The third kappa shape index (κ3) is 9.20. The molecule has 1 rings (SSSR count). The molecule has 0 fully saturated rings. The molecule has 0 aromatic heterocycles. The lowest BCUT2D eigenvalue weighted by Gasteiger charge is -2.00. The normalized spacial score (nSPS) is 11.3. The van der Waals surface area contributed by atoms with Gasteiger partial charge in [0.2, 0.25) is 0 Å². The molecule has 0 heterocycles. The minimum absolute atomic E-state index is 0.807. The summed E-state index contributed by atoms with van der Waals surface area (Å²) >= 11 is 5.86. The molecule has 0 unspecified atom stereocenters. The van der Waals surface area contributed by atoms with E-state index in [1.165, 1.54) is 69.8 Å². The van der Waals surface area contributed by atoms with E-state index in [4.69, 9.17) is 11.6 Å². The minimum atomic E-state index is 0.807. The zero-order valence-electron chi connectivity index (χ0n) is 12.9. The van der Waals surface area contributed by atoms with E-state index in [2.05, 4.69) is 31.2 Å². The Morgan fingerprint density at radius 2 is 1.35 bits per heavy atom. The molecular formula is C19H29Cl. The van der Waals surface area contributed by atoms with Gasteiger partial charge < -0.3 is 0 Å². The average Bonchev–Trinajstić information content (AvgIpc) is 2.47. The van der Waals surface area contributed by atoms with Crippen molar-refractivity contribution in [2.24, 2.45) is 0 Å². The first-order valence-corrected chi connectivity index (χ1v) is 8.63. The van der Waals surface area contributed by atoms with E-state index in [9.17, 15) is 0 Å². The summed E-state index contributed by atoms with van der Waals surface area (Å²) in [5.41, 5.74) is 1.24. The van der Waals surface area contributed by atoms with Gasteiger partial charge in [-0.15, -0.1) is 0 Å². The van der Waals surface area contributed by atoms with Crippen molar-refractivity contribution in [3.63, 3.8) is 0 Å². The maximum absolute atomic E-state index is 5.86. The van der Waals surface area contributed by atoms with Crippen molar-refractivity contribution in [1.29, 1.82) is 0 Å². The number of benzene rings is 1. The summed E-state index contributed by atoms with van der Waals surface area (Å²) in [6.07, 6.45) is 18.2. The molecule has 0 atom stereocenters. The summed E-state index contributed by atoms with van der Waals surface area (Å²) < 4.78 is 0. The smallest absolute Gasteiger partial charge is 0.0406 e. The van der Waals surface area contributed by atoms with Gasteiger partial charge in [0.15, 0.2) is 0 Å². The van der Waals surface area contributed by atoms with Crippen LogP contribution in [0.1, 0.15) is 76.7 Å². The number of halogens is 1. The van der Waals surface area contributed by atoms with E-state index in [0.717, 1.165) is 5.02 Å². The Labute approximate surface area is 130 Å². The molecule has 0 nitrogen and oxygen atoms in total. The van der Waals surface area contributed by atoms with Gasteiger partial charge in [-0.25, -0.2) is 0 Å². The topological polar surface area (TPSA) is 0 Å². The van der Waals surface area contributed by atoms with Gasteiger partial charge in [-0.2, -0.15) is 0 Å². The van der Waals surface area contributed by atoms with Gasteiger partial charge in [0, 0.05) is 5.02 Å². The summed E-state index contributed by atoms with van der Waals surface area (Å²) in [4.78, 5) is 0. The Bertz CT molecular complexity index is 351. The summed E-state index contributed by atoms with van der Waals surface area (Å²) in [7, 11) is 0. The fourth-order valence-corrected chi connectivity index (χ4v) is 2.49. The van der Waals surface area contributed by atoms with Crippen LogP contribution in [-0.4, -0.2) is 0 Å². The first-order chi connectivity index (χ1) is 9.83. The second-order valence-corrected chi connectivity index (χ2v) is 6.01. The lowest BCUT2D eigenvalue weighted by Crippen LogP contribution is -1.80. The summed E-state index contributed by atoms with van der Waals surface area (Å²) in [6.45, 7) is 2.28. The van der Waals surface area contributed by atoms with Crippen LogP contribution < -0.4 is 0 Å². The van der Waals surface area contributed by atoms with Gasteiger partial charge in [-0.05, 0) is 30.5 Å². The number of allylic oxidation sites excluding steroid dienone is 1. The van der Waals surface area contributed by atoms with Crippen molar-refractivity contribution in [2.45, 2.75) is 71.1 Å². The molecule has 0 bridgehead atoms. The molecule has 0 aliphatic heterocycles. The van der Waals surface area contributed by atoms with Crippen LogP contribution in [0, 0.1) is 0 Å². The van der Waals surface area contributed by atoms with E-state index < -0.39 is 0 Å². The van der Waals surface area contributed by atoms with E-state index in [0.29, 0.717) is 0 Å².